The first-order chi connectivity index (χ1) is 6.33. The summed E-state index contributed by atoms with van der Waals surface area (Å²) in [5.41, 5.74) is 0. The minimum atomic E-state index is -0.0944. The molecule has 78 valence electrons. The average molecular weight is 185 g/mol. The molecule has 0 saturated carbocycles. The molecule has 1 N–H and O–H groups in total. The van der Waals surface area contributed by atoms with E-state index in [4.69, 9.17) is 0 Å². The van der Waals surface area contributed by atoms with Crippen LogP contribution in [0.15, 0.2) is 0 Å². The molecule has 2 nitrogen and oxygen atoms in total. The Kier molecular flexibility index (Phi) is 5.40. The van der Waals surface area contributed by atoms with Gasteiger partial charge in [0, 0.05) is 6.54 Å². The van der Waals surface area contributed by atoms with Crippen LogP contribution in [0, 0.1) is 0 Å². The first kappa shape index (κ1) is 11.0. The topological polar surface area (TPSA) is 23.5 Å². The van der Waals surface area contributed by atoms with Gasteiger partial charge in [-0.1, -0.05) is 26.2 Å². The van der Waals surface area contributed by atoms with Crippen molar-refractivity contribution in [2.75, 3.05) is 19.6 Å². The van der Waals surface area contributed by atoms with E-state index in [2.05, 4.69) is 11.8 Å². The molecule has 1 fully saturated rings. The number of hydrogen-bond donors (Lipinski definition) is 1. The monoisotopic (exact) mass is 185 g/mol. The highest BCUT2D eigenvalue weighted by molar-refractivity contribution is 4.67. The van der Waals surface area contributed by atoms with E-state index in [1.165, 1.54) is 38.8 Å². The number of nitrogens with zero attached hydrogens (tertiary/aromatic N) is 1. The Morgan fingerprint density at radius 2 is 1.77 bits per heavy atom. The van der Waals surface area contributed by atoms with Crippen LogP contribution < -0.4 is 0 Å². The molecule has 0 spiro atoms. The van der Waals surface area contributed by atoms with E-state index in [-0.39, 0.29) is 6.10 Å². The first-order valence-corrected chi connectivity index (χ1v) is 5.73. The predicted octanol–water partition coefficient (Wildman–Crippen LogP) is 2.02. The van der Waals surface area contributed by atoms with Gasteiger partial charge < -0.3 is 10.0 Å². The molecule has 1 atom stereocenters. The second-order valence-corrected chi connectivity index (χ2v) is 4.16. The first-order valence-electron chi connectivity index (χ1n) is 5.73. The summed E-state index contributed by atoms with van der Waals surface area (Å²) in [5, 5.41) is 9.65. The molecule has 1 aliphatic heterocycles. The van der Waals surface area contributed by atoms with Crippen molar-refractivity contribution < 1.29 is 5.11 Å². The molecule has 0 amide bonds. The highest BCUT2D eigenvalue weighted by Crippen LogP contribution is 2.10. The van der Waals surface area contributed by atoms with Gasteiger partial charge in [0.1, 0.15) is 0 Å². The highest BCUT2D eigenvalue weighted by atomic mass is 16.3. The number of rotatable bonds is 4. The molecular weight excluding hydrogens is 162 g/mol. The van der Waals surface area contributed by atoms with Gasteiger partial charge in [0.25, 0.3) is 0 Å². The van der Waals surface area contributed by atoms with Crippen molar-refractivity contribution in [1.82, 2.24) is 4.90 Å². The zero-order valence-electron chi connectivity index (χ0n) is 8.84. The second kappa shape index (κ2) is 6.39. The summed E-state index contributed by atoms with van der Waals surface area (Å²) in [6, 6.07) is 0. The summed E-state index contributed by atoms with van der Waals surface area (Å²) >= 11 is 0. The van der Waals surface area contributed by atoms with Crippen LogP contribution in [0.2, 0.25) is 0 Å². The summed E-state index contributed by atoms with van der Waals surface area (Å²) in [5.74, 6) is 0. The van der Waals surface area contributed by atoms with Gasteiger partial charge in [0.2, 0.25) is 0 Å². The molecule has 1 aliphatic rings. The Morgan fingerprint density at radius 3 is 2.31 bits per heavy atom. The molecule has 2 heteroatoms. The highest BCUT2D eigenvalue weighted by Gasteiger charge is 2.12. The molecule has 0 bridgehead atoms. The van der Waals surface area contributed by atoms with E-state index in [0.717, 1.165) is 19.4 Å². The van der Waals surface area contributed by atoms with E-state index in [1.54, 1.807) is 0 Å². The number of aliphatic hydroxyl groups excluding tert-OH is 1. The molecular formula is C11H23NO. The van der Waals surface area contributed by atoms with Gasteiger partial charge in [-0.3, -0.25) is 0 Å². The van der Waals surface area contributed by atoms with Crippen LogP contribution in [0.5, 0.6) is 0 Å². The molecule has 0 aliphatic carbocycles. The fourth-order valence-electron chi connectivity index (χ4n) is 2.04. The molecule has 1 heterocycles. The van der Waals surface area contributed by atoms with Crippen LogP contribution in [0.3, 0.4) is 0 Å². The minimum absolute atomic E-state index is 0.0944. The van der Waals surface area contributed by atoms with Crippen molar-refractivity contribution in [3.05, 3.63) is 0 Å². The van der Waals surface area contributed by atoms with Gasteiger partial charge in [-0.05, 0) is 32.4 Å². The fourth-order valence-corrected chi connectivity index (χ4v) is 2.04. The maximum atomic E-state index is 9.65. The van der Waals surface area contributed by atoms with Crippen LogP contribution in [0.4, 0.5) is 0 Å². The molecule has 1 saturated heterocycles. The van der Waals surface area contributed by atoms with E-state index >= 15 is 0 Å². The van der Waals surface area contributed by atoms with E-state index in [9.17, 15) is 5.11 Å². The predicted molar refractivity (Wildman–Crippen MR) is 55.8 cm³/mol. The normalized spacial score (nSPS) is 22.6. The largest absolute Gasteiger partial charge is 0.392 e. The quantitative estimate of drug-likeness (QED) is 0.724. The lowest BCUT2D eigenvalue weighted by Crippen LogP contribution is -2.33. The summed E-state index contributed by atoms with van der Waals surface area (Å²) in [7, 11) is 0. The lowest BCUT2D eigenvalue weighted by atomic mass is 10.2. The van der Waals surface area contributed by atoms with Crippen LogP contribution in [-0.4, -0.2) is 35.7 Å². The zero-order chi connectivity index (χ0) is 9.52. The van der Waals surface area contributed by atoms with Crippen molar-refractivity contribution >= 4 is 0 Å². The molecule has 0 aromatic heterocycles. The van der Waals surface area contributed by atoms with Crippen molar-refractivity contribution in [3.63, 3.8) is 0 Å². The molecule has 13 heavy (non-hydrogen) atoms. The van der Waals surface area contributed by atoms with Gasteiger partial charge in [-0.25, -0.2) is 0 Å². The Balaban J connectivity index is 2.17. The summed E-state index contributed by atoms with van der Waals surface area (Å²) in [4.78, 5) is 2.42. The summed E-state index contributed by atoms with van der Waals surface area (Å²) in [6.07, 6.45) is 7.34. The molecule has 1 rings (SSSR count). The van der Waals surface area contributed by atoms with Gasteiger partial charge in [0.05, 0.1) is 6.10 Å². The van der Waals surface area contributed by atoms with Gasteiger partial charge >= 0.3 is 0 Å². The standard InChI is InChI=1S/C11H23NO/c1-2-7-11(13)10-12-8-5-3-4-6-9-12/h11,13H,2-10H2,1H3. The van der Waals surface area contributed by atoms with E-state index < -0.39 is 0 Å². The number of hydrogen-bond acceptors (Lipinski definition) is 2. The van der Waals surface area contributed by atoms with Crippen LogP contribution in [-0.2, 0) is 0 Å². The third kappa shape index (κ3) is 4.63. The molecule has 1 unspecified atom stereocenters. The molecule has 0 radical (unpaired) electrons. The number of likely N-dealkylation sites (tertiary alicyclic amines) is 1. The summed E-state index contributed by atoms with van der Waals surface area (Å²) < 4.78 is 0. The number of aliphatic hydroxyl groups is 1. The van der Waals surface area contributed by atoms with Crippen LogP contribution in [0.25, 0.3) is 0 Å². The molecule has 0 aromatic carbocycles. The fraction of sp³-hybridized carbons (Fsp3) is 1.00. The number of β-amino-alcohol motifs (C(OH)–C–C–N with tert-alkyl or cyclic N) is 1. The maximum absolute atomic E-state index is 9.65. The maximum Gasteiger partial charge on any atom is 0.0667 e. The zero-order valence-corrected chi connectivity index (χ0v) is 8.84. The Labute approximate surface area is 81.9 Å². The second-order valence-electron chi connectivity index (χ2n) is 4.16. The van der Waals surface area contributed by atoms with Gasteiger partial charge in [-0.15, -0.1) is 0 Å². The van der Waals surface area contributed by atoms with Crippen molar-refractivity contribution in [2.45, 2.75) is 51.6 Å². The SMILES string of the molecule is CCCC(O)CN1CCCCCC1. The Bertz CT molecular complexity index is 119. The van der Waals surface area contributed by atoms with Gasteiger partial charge in [0.15, 0.2) is 0 Å². The van der Waals surface area contributed by atoms with Crippen molar-refractivity contribution in [3.8, 4) is 0 Å². The Morgan fingerprint density at radius 1 is 1.15 bits per heavy atom. The third-order valence-corrected chi connectivity index (χ3v) is 2.79. The van der Waals surface area contributed by atoms with Gasteiger partial charge in [-0.2, -0.15) is 0 Å². The van der Waals surface area contributed by atoms with E-state index in [1.807, 2.05) is 0 Å². The minimum Gasteiger partial charge on any atom is -0.392 e. The van der Waals surface area contributed by atoms with Crippen LogP contribution in [0.1, 0.15) is 45.4 Å². The summed E-state index contributed by atoms with van der Waals surface area (Å²) in [6.45, 7) is 5.42. The Hall–Kier alpha value is -0.0800. The smallest absolute Gasteiger partial charge is 0.0667 e. The lowest BCUT2D eigenvalue weighted by Gasteiger charge is -2.22. The third-order valence-electron chi connectivity index (χ3n) is 2.79. The van der Waals surface area contributed by atoms with Crippen LogP contribution >= 0.6 is 0 Å². The van der Waals surface area contributed by atoms with Crippen molar-refractivity contribution in [1.29, 1.82) is 0 Å². The van der Waals surface area contributed by atoms with Crippen molar-refractivity contribution in [2.24, 2.45) is 0 Å². The molecule has 0 aromatic rings. The van der Waals surface area contributed by atoms with E-state index in [0.29, 0.717) is 0 Å². The average Bonchev–Trinajstić information content (AvgIpc) is 2.33. The lowest BCUT2D eigenvalue weighted by molar-refractivity contribution is 0.106.